The standard InChI is InChI=1S/C16H10ClF3O/c17-8-2-4-11-6-7-13(9-15(11)19)21-10-12-3-1-5-14(18)16(12)20/h1,3,5-7,9H,8,10H2. The molecule has 0 aromatic heterocycles. The Morgan fingerprint density at radius 2 is 1.86 bits per heavy atom. The molecule has 0 bridgehead atoms. The third-order valence-corrected chi connectivity index (χ3v) is 2.79. The monoisotopic (exact) mass is 310 g/mol. The Kier molecular flexibility index (Phi) is 5.13. The smallest absolute Gasteiger partial charge is 0.165 e. The van der Waals surface area contributed by atoms with E-state index in [9.17, 15) is 13.2 Å². The highest BCUT2D eigenvalue weighted by Crippen LogP contribution is 2.19. The Balaban J connectivity index is 2.10. The fourth-order valence-electron chi connectivity index (χ4n) is 1.64. The van der Waals surface area contributed by atoms with E-state index in [2.05, 4.69) is 11.8 Å². The predicted octanol–water partition coefficient (Wildman–Crippen LogP) is 4.27. The number of halogens is 4. The van der Waals surface area contributed by atoms with Crippen LogP contribution in [-0.2, 0) is 6.61 Å². The van der Waals surface area contributed by atoms with Gasteiger partial charge in [-0.15, -0.1) is 11.6 Å². The summed E-state index contributed by atoms with van der Waals surface area (Å²) in [6.07, 6.45) is 0. The maximum Gasteiger partial charge on any atom is 0.165 e. The van der Waals surface area contributed by atoms with Gasteiger partial charge in [0.05, 0.1) is 11.4 Å². The first-order valence-corrected chi connectivity index (χ1v) is 6.55. The van der Waals surface area contributed by atoms with Gasteiger partial charge in [0.2, 0.25) is 0 Å². The van der Waals surface area contributed by atoms with E-state index in [1.54, 1.807) is 0 Å². The molecule has 0 amide bonds. The summed E-state index contributed by atoms with van der Waals surface area (Å²) in [5, 5.41) is 0. The molecule has 0 aliphatic rings. The first-order chi connectivity index (χ1) is 10.1. The lowest BCUT2D eigenvalue weighted by Crippen LogP contribution is -2.00. The molecule has 0 aliphatic carbocycles. The Hall–Kier alpha value is -2.12. The predicted molar refractivity (Wildman–Crippen MR) is 74.7 cm³/mol. The Labute approximate surface area is 125 Å². The van der Waals surface area contributed by atoms with Crippen molar-refractivity contribution in [3.05, 3.63) is 65.0 Å². The van der Waals surface area contributed by atoms with Gasteiger partial charge in [0.25, 0.3) is 0 Å². The molecule has 2 rings (SSSR count). The van der Waals surface area contributed by atoms with E-state index in [1.165, 1.54) is 24.3 Å². The van der Waals surface area contributed by atoms with Crippen molar-refractivity contribution in [2.45, 2.75) is 6.61 Å². The van der Waals surface area contributed by atoms with E-state index in [4.69, 9.17) is 16.3 Å². The minimum absolute atomic E-state index is 0.0569. The number of alkyl halides is 1. The lowest BCUT2D eigenvalue weighted by Gasteiger charge is -2.08. The second-order valence-corrected chi connectivity index (χ2v) is 4.35. The van der Waals surface area contributed by atoms with Crippen molar-refractivity contribution in [1.82, 2.24) is 0 Å². The van der Waals surface area contributed by atoms with E-state index in [-0.39, 0.29) is 29.4 Å². The molecule has 0 fully saturated rings. The molecule has 108 valence electrons. The third kappa shape index (κ3) is 3.93. The zero-order valence-electron chi connectivity index (χ0n) is 10.8. The average molecular weight is 311 g/mol. The first kappa shape index (κ1) is 15.3. The maximum absolute atomic E-state index is 13.7. The second kappa shape index (κ2) is 7.05. The van der Waals surface area contributed by atoms with Crippen LogP contribution in [0.3, 0.4) is 0 Å². The fourth-order valence-corrected chi connectivity index (χ4v) is 1.70. The largest absolute Gasteiger partial charge is 0.489 e. The number of benzene rings is 2. The van der Waals surface area contributed by atoms with Crippen molar-refractivity contribution in [3.63, 3.8) is 0 Å². The highest BCUT2D eigenvalue weighted by molar-refractivity contribution is 6.19. The molecule has 0 spiro atoms. The average Bonchev–Trinajstić information content (AvgIpc) is 2.48. The number of rotatable bonds is 3. The Morgan fingerprint density at radius 3 is 2.57 bits per heavy atom. The van der Waals surface area contributed by atoms with Crippen molar-refractivity contribution < 1.29 is 17.9 Å². The van der Waals surface area contributed by atoms with Crippen LogP contribution in [0.25, 0.3) is 0 Å². The normalized spacial score (nSPS) is 9.90. The van der Waals surface area contributed by atoms with Crippen LogP contribution in [0.2, 0.25) is 0 Å². The fraction of sp³-hybridized carbons (Fsp3) is 0.125. The third-order valence-electron chi connectivity index (χ3n) is 2.66. The van der Waals surface area contributed by atoms with Crippen LogP contribution in [0, 0.1) is 29.3 Å². The zero-order chi connectivity index (χ0) is 15.2. The molecule has 0 aliphatic heterocycles. The summed E-state index contributed by atoms with van der Waals surface area (Å²) in [5.41, 5.74) is 0.251. The second-order valence-electron chi connectivity index (χ2n) is 4.08. The van der Waals surface area contributed by atoms with Crippen molar-refractivity contribution in [1.29, 1.82) is 0 Å². The van der Waals surface area contributed by atoms with Gasteiger partial charge in [-0.3, -0.25) is 0 Å². The van der Waals surface area contributed by atoms with Crippen LogP contribution in [0.15, 0.2) is 36.4 Å². The van der Waals surface area contributed by atoms with Crippen molar-refractivity contribution in [3.8, 4) is 17.6 Å². The summed E-state index contributed by atoms with van der Waals surface area (Å²) in [4.78, 5) is 0. The summed E-state index contributed by atoms with van der Waals surface area (Å²) in [6.45, 7) is -0.199. The molecule has 2 aromatic carbocycles. The van der Waals surface area contributed by atoms with E-state index >= 15 is 0 Å². The van der Waals surface area contributed by atoms with Crippen LogP contribution >= 0.6 is 11.6 Å². The van der Waals surface area contributed by atoms with Gasteiger partial charge in [0, 0.05) is 11.6 Å². The quantitative estimate of drug-likeness (QED) is 0.607. The van der Waals surface area contributed by atoms with E-state index in [0.29, 0.717) is 0 Å². The Morgan fingerprint density at radius 1 is 1.05 bits per heavy atom. The van der Waals surface area contributed by atoms with Crippen molar-refractivity contribution >= 4 is 11.6 Å². The molecule has 0 radical (unpaired) electrons. The van der Waals surface area contributed by atoms with Gasteiger partial charge in [-0.05, 0) is 18.2 Å². The van der Waals surface area contributed by atoms with Crippen LogP contribution in [-0.4, -0.2) is 5.88 Å². The first-order valence-electron chi connectivity index (χ1n) is 6.02. The highest BCUT2D eigenvalue weighted by Gasteiger charge is 2.09. The van der Waals surface area contributed by atoms with Crippen molar-refractivity contribution in [2.75, 3.05) is 5.88 Å². The molecule has 0 heterocycles. The summed E-state index contributed by atoms with van der Waals surface area (Å²) in [6, 6.07) is 7.86. The van der Waals surface area contributed by atoms with E-state index in [1.807, 2.05) is 0 Å². The molecular weight excluding hydrogens is 301 g/mol. The molecule has 0 saturated carbocycles. The lowest BCUT2D eigenvalue weighted by atomic mass is 10.2. The van der Waals surface area contributed by atoms with Gasteiger partial charge in [0.1, 0.15) is 18.2 Å². The molecule has 0 unspecified atom stereocenters. The SMILES string of the molecule is Fc1cc(OCc2cccc(F)c2F)ccc1C#CCCl. The molecule has 0 saturated heterocycles. The summed E-state index contributed by atoms with van der Waals surface area (Å²) in [7, 11) is 0. The molecule has 0 N–H and O–H groups in total. The van der Waals surface area contributed by atoms with E-state index < -0.39 is 17.5 Å². The highest BCUT2D eigenvalue weighted by atomic mass is 35.5. The topological polar surface area (TPSA) is 9.23 Å². The number of hydrogen-bond acceptors (Lipinski definition) is 1. The lowest BCUT2D eigenvalue weighted by molar-refractivity contribution is 0.295. The summed E-state index contributed by atoms with van der Waals surface area (Å²) < 4.78 is 45.4. The number of ether oxygens (including phenoxy) is 1. The van der Waals surface area contributed by atoms with Crippen molar-refractivity contribution in [2.24, 2.45) is 0 Å². The minimum atomic E-state index is -0.970. The van der Waals surface area contributed by atoms with Crippen LogP contribution in [0.1, 0.15) is 11.1 Å². The molecule has 5 heteroatoms. The summed E-state index contributed by atoms with van der Waals surface area (Å²) >= 11 is 5.39. The van der Waals surface area contributed by atoms with Gasteiger partial charge >= 0.3 is 0 Å². The van der Waals surface area contributed by atoms with Gasteiger partial charge in [0.15, 0.2) is 11.6 Å². The number of hydrogen-bond donors (Lipinski definition) is 0. The van der Waals surface area contributed by atoms with Gasteiger partial charge < -0.3 is 4.74 Å². The molecule has 1 nitrogen and oxygen atoms in total. The van der Waals surface area contributed by atoms with Crippen LogP contribution < -0.4 is 4.74 Å². The minimum Gasteiger partial charge on any atom is -0.489 e. The zero-order valence-corrected chi connectivity index (χ0v) is 11.6. The van der Waals surface area contributed by atoms with Gasteiger partial charge in [-0.2, -0.15) is 0 Å². The van der Waals surface area contributed by atoms with Crippen LogP contribution in [0.5, 0.6) is 5.75 Å². The van der Waals surface area contributed by atoms with Gasteiger partial charge in [-0.25, -0.2) is 13.2 Å². The molecule has 2 aromatic rings. The molecular formula is C16H10ClF3O. The van der Waals surface area contributed by atoms with Crippen LogP contribution in [0.4, 0.5) is 13.2 Å². The maximum atomic E-state index is 13.7. The molecule has 0 atom stereocenters. The van der Waals surface area contributed by atoms with E-state index in [0.717, 1.165) is 12.1 Å². The summed E-state index contributed by atoms with van der Waals surface area (Å²) in [5.74, 6) is 2.92. The Bertz CT molecular complexity index is 704. The molecule has 21 heavy (non-hydrogen) atoms. The van der Waals surface area contributed by atoms with Gasteiger partial charge in [-0.1, -0.05) is 24.0 Å².